The highest BCUT2D eigenvalue weighted by atomic mass is 32.2. The molecule has 0 bridgehead atoms. The molecule has 0 spiro atoms. The van der Waals surface area contributed by atoms with Crippen LogP contribution in [0.5, 0.6) is 11.5 Å². The average Bonchev–Trinajstić information content (AvgIpc) is 2.65. The van der Waals surface area contributed by atoms with Gasteiger partial charge >= 0.3 is 0 Å². The first-order valence-electron chi connectivity index (χ1n) is 7.88. The van der Waals surface area contributed by atoms with Crippen molar-refractivity contribution in [1.29, 1.82) is 0 Å². The molecule has 126 valence electrons. The number of methoxy groups -OCH3 is 1. The van der Waals surface area contributed by atoms with E-state index in [0.29, 0.717) is 19.6 Å². The van der Waals surface area contributed by atoms with E-state index in [4.69, 9.17) is 9.47 Å². The Balaban J connectivity index is 1.48. The molecule has 0 radical (unpaired) electrons. The highest BCUT2D eigenvalue weighted by Gasteiger charge is 2.27. The fourth-order valence-electron chi connectivity index (χ4n) is 2.63. The molecule has 0 saturated carbocycles. The monoisotopic (exact) mass is 344 g/mol. The standard InChI is InChI=1S/C18H20N2O3S/c1-22-15-6-4-5-13-11-14(12-23-17(13)15)18(21)20-9-10-24-16-7-2-3-8-19-16/h2-8,14H,9-12H2,1H3,(H,20,21). The van der Waals surface area contributed by atoms with Crippen molar-refractivity contribution in [1.82, 2.24) is 10.3 Å². The maximum Gasteiger partial charge on any atom is 0.226 e. The molecule has 6 heteroatoms. The smallest absolute Gasteiger partial charge is 0.226 e. The van der Waals surface area contributed by atoms with Crippen LogP contribution in [0.4, 0.5) is 0 Å². The summed E-state index contributed by atoms with van der Waals surface area (Å²) < 4.78 is 11.0. The lowest BCUT2D eigenvalue weighted by molar-refractivity contribution is -0.126. The zero-order valence-corrected chi connectivity index (χ0v) is 14.3. The molecule has 1 aromatic carbocycles. The Bertz CT molecular complexity index is 694. The van der Waals surface area contributed by atoms with Crippen molar-refractivity contribution in [3.05, 3.63) is 48.2 Å². The molecule has 0 saturated heterocycles. The summed E-state index contributed by atoms with van der Waals surface area (Å²) in [6, 6.07) is 11.6. The summed E-state index contributed by atoms with van der Waals surface area (Å²) >= 11 is 1.63. The van der Waals surface area contributed by atoms with Crippen LogP contribution in [0.15, 0.2) is 47.6 Å². The van der Waals surface area contributed by atoms with Crippen molar-refractivity contribution in [3.8, 4) is 11.5 Å². The van der Waals surface area contributed by atoms with Crippen LogP contribution in [-0.2, 0) is 11.2 Å². The average molecular weight is 344 g/mol. The van der Waals surface area contributed by atoms with Crippen LogP contribution in [0.2, 0.25) is 0 Å². The summed E-state index contributed by atoms with van der Waals surface area (Å²) in [6.45, 7) is 0.994. The molecule has 2 aromatic rings. The van der Waals surface area contributed by atoms with Gasteiger partial charge in [0.1, 0.15) is 6.61 Å². The lowest BCUT2D eigenvalue weighted by Gasteiger charge is -2.25. The van der Waals surface area contributed by atoms with Crippen molar-refractivity contribution in [2.75, 3.05) is 26.0 Å². The Kier molecular flexibility index (Phi) is 5.59. The minimum absolute atomic E-state index is 0.0325. The third-order valence-electron chi connectivity index (χ3n) is 3.84. The molecule has 1 aromatic heterocycles. The topological polar surface area (TPSA) is 60.5 Å². The molecular weight excluding hydrogens is 324 g/mol. The number of nitrogens with zero attached hydrogens (tertiary/aromatic N) is 1. The number of fused-ring (bicyclic) bond motifs is 1. The van der Waals surface area contributed by atoms with Crippen molar-refractivity contribution < 1.29 is 14.3 Å². The Hall–Kier alpha value is -2.21. The fraction of sp³-hybridized carbons (Fsp3) is 0.333. The molecule has 5 nitrogen and oxygen atoms in total. The second kappa shape index (κ2) is 8.06. The largest absolute Gasteiger partial charge is 0.493 e. The number of nitrogens with one attached hydrogen (secondary N) is 1. The highest BCUT2D eigenvalue weighted by molar-refractivity contribution is 7.99. The van der Waals surface area contributed by atoms with Crippen LogP contribution in [0.25, 0.3) is 0 Å². The molecule has 0 aliphatic carbocycles. The van der Waals surface area contributed by atoms with Gasteiger partial charge in [-0.3, -0.25) is 4.79 Å². The van der Waals surface area contributed by atoms with E-state index in [1.165, 1.54) is 0 Å². The van der Waals surface area contributed by atoms with Crippen LogP contribution in [0.3, 0.4) is 0 Å². The predicted molar refractivity (Wildman–Crippen MR) is 93.7 cm³/mol. The minimum atomic E-state index is -0.163. The van der Waals surface area contributed by atoms with Crippen molar-refractivity contribution in [2.45, 2.75) is 11.4 Å². The van der Waals surface area contributed by atoms with E-state index in [-0.39, 0.29) is 11.8 Å². The predicted octanol–water partition coefficient (Wildman–Crippen LogP) is 2.55. The molecule has 1 atom stereocenters. The number of rotatable bonds is 6. The summed E-state index contributed by atoms with van der Waals surface area (Å²) in [5, 5.41) is 3.95. The number of para-hydroxylation sites is 1. The third kappa shape index (κ3) is 4.00. The van der Waals surface area contributed by atoms with Crippen LogP contribution in [-0.4, -0.2) is 36.9 Å². The Morgan fingerprint density at radius 2 is 2.29 bits per heavy atom. The Morgan fingerprint density at radius 1 is 1.38 bits per heavy atom. The number of carbonyl (C=O) groups excluding carboxylic acids is 1. The lowest BCUT2D eigenvalue weighted by atomic mass is 9.95. The van der Waals surface area contributed by atoms with Gasteiger partial charge in [0.15, 0.2) is 11.5 Å². The van der Waals surface area contributed by atoms with E-state index < -0.39 is 0 Å². The first-order valence-corrected chi connectivity index (χ1v) is 8.86. The van der Waals surface area contributed by atoms with Gasteiger partial charge in [0.2, 0.25) is 5.91 Å². The van der Waals surface area contributed by atoms with E-state index in [9.17, 15) is 4.79 Å². The molecule has 1 aliphatic heterocycles. The number of hydrogen-bond acceptors (Lipinski definition) is 5. The molecular formula is C18H20N2O3S. The summed E-state index contributed by atoms with van der Waals surface area (Å²) in [5.41, 5.74) is 1.02. The summed E-state index contributed by atoms with van der Waals surface area (Å²) in [7, 11) is 1.62. The number of carbonyl (C=O) groups is 1. The van der Waals surface area contributed by atoms with Gasteiger partial charge in [0.25, 0.3) is 0 Å². The van der Waals surface area contributed by atoms with Crippen LogP contribution in [0.1, 0.15) is 5.56 Å². The van der Waals surface area contributed by atoms with Crippen LogP contribution >= 0.6 is 11.8 Å². The minimum Gasteiger partial charge on any atom is -0.493 e. The number of hydrogen-bond donors (Lipinski definition) is 1. The number of aromatic nitrogens is 1. The summed E-state index contributed by atoms with van der Waals surface area (Å²) in [4.78, 5) is 16.6. The summed E-state index contributed by atoms with van der Waals surface area (Å²) in [6.07, 6.45) is 2.44. The Morgan fingerprint density at radius 3 is 3.08 bits per heavy atom. The molecule has 1 aliphatic rings. The van der Waals surface area contributed by atoms with Crippen molar-refractivity contribution in [3.63, 3.8) is 0 Å². The molecule has 2 heterocycles. The molecule has 0 fully saturated rings. The molecule has 1 N–H and O–H groups in total. The normalized spacial score (nSPS) is 16.0. The second-order valence-electron chi connectivity index (χ2n) is 5.47. The zero-order valence-electron chi connectivity index (χ0n) is 13.5. The van der Waals surface area contributed by atoms with Gasteiger partial charge in [-0.15, -0.1) is 11.8 Å². The van der Waals surface area contributed by atoms with E-state index in [1.807, 2.05) is 36.4 Å². The van der Waals surface area contributed by atoms with E-state index in [1.54, 1.807) is 25.1 Å². The van der Waals surface area contributed by atoms with Gasteiger partial charge in [-0.1, -0.05) is 18.2 Å². The number of ether oxygens (including phenoxy) is 2. The van der Waals surface area contributed by atoms with E-state index in [2.05, 4.69) is 10.3 Å². The lowest BCUT2D eigenvalue weighted by Crippen LogP contribution is -2.38. The van der Waals surface area contributed by atoms with Gasteiger partial charge in [-0.25, -0.2) is 4.98 Å². The molecule has 24 heavy (non-hydrogen) atoms. The van der Waals surface area contributed by atoms with Gasteiger partial charge < -0.3 is 14.8 Å². The number of amides is 1. The van der Waals surface area contributed by atoms with Gasteiger partial charge in [0, 0.05) is 18.5 Å². The molecule has 1 amide bonds. The van der Waals surface area contributed by atoms with E-state index >= 15 is 0 Å². The maximum atomic E-state index is 12.3. The first kappa shape index (κ1) is 16.6. The third-order valence-corrected chi connectivity index (χ3v) is 4.78. The number of pyridine rings is 1. The van der Waals surface area contributed by atoms with Crippen LogP contribution < -0.4 is 14.8 Å². The van der Waals surface area contributed by atoms with Crippen molar-refractivity contribution >= 4 is 17.7 Å². The summed E-state index contributed by atoms with van der Waals surface area (Å²) in [5.74, 6) is 2.14. The zero-order chi connectivity index (χ0) is 16.8. The van der Waals surface area contributed by atoms with E-state index in [0.717, 1.165) is 27.8 Å². The molecule has 1 unspecified atom stereocenters. The first-order chi connectivity index (χ1) is 11.8. The second-order valence-corrected chi connectivity index (χ2v) is 6.58. The SMILES string of the molecule is COc1cccc2c1OCC(C(=O)NCCSc1ccccn1)C2. The van der Waals surface area contributed by atoms with Gasteiger partial charge in [0.05, 0.1) is 18.1 Å². The number of benzene rings is 1. The highest BCUT2D eigenvalue weighted by Crippen LogP contribution is 2.35. The Labute approximate surface area is 145 Å². The van der Waals surface area contributed by atoms with Crippen LogP contribution in [0, 0.1) is 5.92 Å². The maximum absolute atomic E-state index is 12.3. The quantitative estimate of drug-likeness (QED) is 0.645. The fourth-order valence-corrected chi connectivity index (χ4v) is 3.35. The van der Waals surface area contributed by atoms with Crippen molar-refractivity contribution in [2.24, 2.45) is 5.92 Å². The van der Waals surface area contributed by atoms with Gasteiger partial charge in [-0.2, -0.15) is 0 Å². The molecule has 3 rings (SSSR count). The number of thioether (sulfide) groups is 1. The van der Waals surface area contributed by atoms with Gasteiger partial charge in [-0.05, 0) is 30.2 Å².